The van der Waals surface area contributed by atoms with E-state index in [1.165, 1.54) is 5.56 Å². The number of carbonyl (C=O) groups is 1. The van der Waals surface area contributed by atoms with Crippen molar-refractivity contribution < 1.29 is 9.53 Å². The maximum atomic E-state index is 12.3. The van der Waals surface area contributed by atoms with E-state index in [1.54, 1.807) is 6.08 Å². The Balaban J connectivity index is 2.36. The maximum Gasteiger partial charge on any atom is 0.338 e. The van der Waals surface area contributed by atoms with Gasteiger partial charge in [0.15, 0.2) is 5.11 Å². The van der Waals surface area contributed by atoms with Gasteiger partial charge in [-0.2, -0.15) is 0 Å². The predicted molar refractivity (Wildman–Crippen MR) is 91.3 cm³/mol. The van der Waals surface area contributed by atoms with Crippen molar-refractivity contribution in [3.8, 4) is 0 Å². The van der Waals surface area contributed by atoms with Crippen molar-refractivity contribution in [1.29, 1.82) is 0 Å². The molecule has 1 atom stereocenters. The van der Waals surface area contributed by atoms with Crippen molar-refractivity contribution in [2.75, 3.05) is 6.61 Å². The van der Waals surface area contributed by atoms with Crippen LogP contribution in [-0.2, 0) is 16.0 Å². The highest BCUT2D eigenvalue weighted by Gasteiger charge is 2.30. The van der Waals surface area contributed by atoms with Crippen LogP contribution in [0.4, 0.5) is 0 Å². The minimum absolute atomic E-state index is 0.182. The highest BCUT2D eigenvalue weighted by atomic mass is 32.1. The molecule has 0 saturated carbocycles. The highest BCUT2D eigenvalue weighted by Crippen LogP contribution is 2.27. The molecule has 116 valence electrons. The lowest BCUT2D eigenvalue weighted by atomic mass is 9.94. The van der Waals surface area contributed by atoms with Crippen LogP contribution in [0.2, 0.25) is 0 Å². The zero-order valence-electron chi connectivity index (χ0n) is 12.8. The SMILES string of the molecule is C=CCOC(=O)C1=C(C)NC(=S)NC1c1ccc(CC)cc1. The summed E-state index contributed by atoms with van der Waals surface area (Å²) in [5.41, 5.74) is 3.48. The molecular weight excluding hydrogens is 296 g/mol. The summed E-state index contributed by atoms with van der Waals surface area (Å²) in [6, 6.07) is 7.84. The van der Waals surface area contributed by atoms with Crippen molar-refractivity contribution in [2.45, 2.75) is 26.3 Å². The molecule has 1 heterocycles. The molecule has 0 fully saturated rings. The second kappa shape index (κ2) is 7.22. The first-order valence-corrected chi connectivity index (χ1v) is 7.62. The minimum Gasteiger partial charge on any atom is -0.458 e. The molecule has 0 spiro atoms. The molecule has 1 aliphatic rings. The summed E-state index contributed by atoms with van der Waals surface area (Å²) in [7, 11) is 0. The standard InChI is InChI=1S/C17H20N2O2S/c1-4-10-21-16(20)14-11(3)18-17(22)19-15(14)13-8-6-12(5-2)7-9-13/h4,6-9,15H,1,5,10H2,2-3H3,(H2,18,19,22). The summed E-state index contributed by atoms with van der Waals surface area (Å²) in [5, 5.41) is 6.63. The fourth-order valence-corrected chi connectivity index (χ4v) is 2.64. The summed E-state index contributed by atoms with van der Waals surface area (Å²) in [6.45, 7) is 7.67. The van der Waals surface area contributed by atoms with Crippen LogP contribution in [0.5, 0.6) is 0 Å². The number of hydrogen-bond donors (Lipinski definition) is 2. The lowest BCUT2D eigenvalue weighted by Crippen LogP contribution is -2.45. The topological polar surface area (TPSA) is 50.4 Å². The molecule has 0 radical (unpaired) electrons. The van der Waals surface area contributed by atoms with E-state index >= 15 is 0 Å². The minimum atomic E-state index is -0.371. The van der Waals surface area contributed by atoms with Crippen LogP contribution in [0, 0.1) is 0 Å². The number of carbonyl (C=O) groups excluding carboxylic acids is 1. The van der Waals surface area contributed by atoms with E-state index in [2.05, 4.69) is 36.3 Å². The van der Waals surface area contributed by atoms with Gasteiger partial charge in [0.05, 0.1) is 11.6 Å². The third-order valence-corrected chi connectivity index (χ3v) is 3.76. The van der Waals surface area contributed by atoms with Crippen LogP contribution in [0.1, 0.15) is 31.0 Å². The molecule has 0 aromatic heterocycles. The van der Waals surface area contributed by atoms with Gasteiger partial charge in [0.2, 0.25) is 0 Å². The summed E-state index contributed by atoms with van der Waals surface area (Å²) in [4.78, 5) is 12.3. The smallest absolute Gasteiger partial charge is 0.338 e. The van der Waals surface area contributed by atoms with Crippen LogP contribution in [0.3, 0.4) is 0 Å². The highest BCUT2D eigenvalue weighted by molar-refractivity contribution is 7.80. The molecule has 2 N–H and O–H groups in total. The van der Waals surface area contributed by atoms with Crippen molar-refractivity contribution in [2.24, 2.45) is 0 Å². The van der Waals surface area contributed by atoms with Gasteiger partial charge in [-0.25, -0.2) is 4.79 Å². The Morgan fingerprint density at radius 2 is 2.09 bits per heavy atom. The maximum absolute atomic E-state index is 12.3. The molecule has 4 nitrogen and oxygen atoms in total. The predicted octanol–water partition coefficient (Wildman–Crippen LogP) is 2.77. The number of rotatable bonds is 5. The Hall–Kier alpha value is -2.14. The zero-order chi connectivity index (χ0) is 16.1. The fraction of sp³-hybridized carbons (Fsp3) is 0.294. The second-order valence-corrected chi connectivity index (χ2v) is 5.46. The number of aryl methyl sites for hydroxylation is 1. The Morgan fingerprint density at radius 3 is 2.68 bits per heavy atom. The van der Waals surface area contributed by atoms with Crippen molar-refractivity contribution in [3.05, 3.63) is 59.3 Å². The number of allylic oxidation sites excluding steroid dienone is 1. The van der Waals surface area contributed by atoms with E-state index in [-0.39, 0.29) is 18.6 Å². The van der Waals surface area contributed by atoms with Crippen molar-refractivity contribution in [1.82, 2.24) is 10.6 Å². The molecule has 0 amide bonds. The quantitative estimate of drug-likeness (QED) is 0.497. The average molecular weight is 316 g/mol. The van der Waals surface area contributed by atoms with Crippen LogP contribution < -0.4 is 10.6 Å². The van der Waals surface area contributed by atoms with Gasteiger partial charge in [0.25, 0.3) is 0 Å². The third kappa shape index (κ3) is 3.54. The van der Waals surface area contributed by atoms with E-state index in [9.17, 15) is 4.79 Å². The van der Waals surface area contributed by atoms with Crippen LogP contribution >= 0.6 is 12.2 Å². The molecule has 0 saturated heterocycles. The van der Waals surface area contributed by atoms with E-state index in [4.69, 9.17) is 17.0 Å². The van der Waals surface area contributed by atoms with Crippen molar-refractivity contribution >= 4 is 23.3 Å². The Morgan fingerprint density at radius 1 is 1.41 bits per heavy atom. The lowest BCUT2D eigenvalue weighted by Gasteiger charge is -2.29. The Kier molecular flexibility index (Phi) is 5.33. The van der Waals surface area contributed by atoms with Crippen molar-refractivity contribution in [3.63, 3.8) is 0 Å². The van der Waals surface area contributed by atoms with Gasteiger partial charge in [-0.1, -0.05) is 43.8 Å². The Labute approximate surface area is 136 Å². The molecule has 22 heavy (non-hydrogen) atoms. The Bertz CT molecular complexity index is 620. The lowest BCUT2D eigenvalue weighted by molar-refractivity contribution is -0.138. The third-order valence-electron chi connectivity index (χ3n) is 3.54. The molecule has 5 heteroatoms. The van der Waals surface area contributed by atoms with E-state index in [1.807, 2.05) is 19.1 Å². The van der Waals surface area contributed by atoms with E-state index < -0.39 is 0 Å². The molecule has 1 aromatic carbocycles. The molecule has 2 rings (SSSR count). The van der Waals surface area contributed by atoms with Gasteiger partial charge >= 0.3 is 5.97 Å². The zero-order valence-corrected chi connectivity index (χ0v) is 13.6. The van der Waals surface area contributed by atoms with Gasteiger partial charge in [-0.3, -0.25) is 0 Å². The normalized spacial score (nSPS) is 17.5. The second-order valence-electron chi connectivity index (χ2n) is 5.05. The molecule has 1 aliphatic heterocycles. The monoisotopic (exact) mass is 316 g/mol. The first-order chi connectivity index (χ1) is 10.6. The van der Waals surface area contributed by atoms with Crippen LogP contribution in [0.25, 0.3) is 0 Å². The largest absolute Gasteiger partial charge is 0.458 e. The van der Waals surface area contributed by atoms with Gasteiger partial charge in [0.1, 0.15) is 6.61 Å². The number of benzene rings is 1. The molecule has 1 unspecified atom stereocenters. The number of ether oxygens (including phenoxy) is 1. The van der Waals surface area contributed by atoms with Gasteiger partial charge in [-0.05, 0) is 36.7 Å². The van der Waals surface area contributed by atoms with E-state index in [0.29, 0.717) is 16.4 Å². The number of hydrogen-bond acceptors (Lipinski definition) is 3. The number of esters is 1. The van der Waals surface area contributed by atoms with Crippen LogP contribution in [0.15, 0.2) is 48.2 Å². The first-order valence-electron chi connectivity index (χ1n) is 7.22. The van der Waals surface area contributed by atoms with Gasteiger partial charge < -0.3 is 15.4 Å². The molecular formula is C17H20N2O2S. The number of nitrogens with one attached hydrogen (secondary N) is 2. The first kappa shape index (κ1) is 16.2. The molecule has 0 bridgehead atoms. The van der Waals surface area contributed by atoms with Crippen LogP contribution in [-0.4, -0.2) is 17.7 Å². The number of thiocarbonyl (C=S) groups is 1. The summed E-state index contributed by atoms with van der Waals surface area (Å²) in [5.74, 6) is -0.371. The molecule has 1 aromatic rings. The average Bonchev–Trinajstić information content (AvgIpc) is 2.52. The fourth-order valence-electron chi connectivity index (χ4n) is 2.37. The van der Waals surface area contributed by atoms with E-state index in [0.717, 1.165) is 12.0 Å². The van der Waals surface area contributed by atoms with Gasteiger partial charge in [0, 0.05) is 5.70 Å². The molecule has 0 aliphatic carbocycles. The summed E-state index contributed by atoms with van der Waals surface area (Å²) >= 11 is 5.21. The van der Waals surface area contributed by atoms with Gasteiger partial charge in [-0.15, -0.1) is 0 Å². The summed E-state index contributed by atoms with van der Waals surface area (Å²) in [6.07, 6.45) is 2.52. The summed E-state index contributed by atoms with van der Waals surface area (Å²) < 4.78 is 5.19.